The Kier molecular flexibility index (Phi) is 3.92. The topological polar surface area (TPSA) is 141 Å². The van der Waals surface area contributed by atoms with Crippen LogP contribution in [0.25, 0.3) is 0 Å². The summed E-state index contributed by atoms with van der Waals surface area (Å²) < 4.78 is 6.13. The molecule has 0 unspecified atom stereocenters. The summed E-state index contributed by atoms with van der Waals surface area (Å²) in [4.78, 5) is 0. The van der Waals surface area contributed by atoms with E-state index in [1.807, 2.05) is 0 Å². The number of hydrogen-bond acceptors (Lipinski definition) is 8. The highest BCUT2D eigenvalue weighted by Gasteiger charge is 2.62. The van der Waals surface area contributed by atoms with E-state index < -0.39 is 36.4 Å². The molecule has 0 bridgehead atoms. The van der Waals surface area contributed by atoms with E-state index in [-0.39, 0.29) is 5.56 Å². The summed E-state index contributed by atoms with van der Waals surface area (Å²) in [6.45, 7) is -0.716. The Labute approximate surface area is 131 Å². The number of ether oxygens (including phenoxy) is 1. The Bertz CT molecular complexity index is 650. The fourth-order valence-electron chi connectivity index (χ4n) is 2.81. The molecule has 1 aliphatic heterocycles. The minimum absolute atomic E-state index is 0.228. The average Bonchev–Trinajstić information content (AvgIpc) is 3.12. The quantitative estimate of drug-likeness (QED) is 0.432. The first-order chi connectivity index (χ1) is 10.9. The largest absolute Gasteiger partial charge is 0.394 e. The van der Waals surface area contributed by atoms with Crippen LogP contribution in [0.5, 0.6) is 0 Å². The molecule has 0 radical (unpaired) electrons. The van der Waals surface area contributed by atoms with Crippen LogP contribution >= 0.6 is 0 Å². The SMILES string of the molecule is OC[C@H]1O[C@](O)(n2ccnn2)[C@H](O)[C@@H](O)[C@]1(O)c1ccccc1. The number of aliphatic hydroxyl groups excluding tert-OH is 3. The number of nitrogens with zero attached hydrogens (tertiary/aromatic N) is 3. The monoisotopic (exact) mass is 323 g/mol. The van der Waals surface area contributed by atoms with E-state index in [1.54, 1.807) is 18.2 Å². The highest BCUT2D eigenvalue weighted by molar-refractivity contribution is 5.27. The van der Waals surface area contributed by atoms with Crippen molar-refractivity contribution in [1.29, 1.82) is 0 Å². The summed E-state index contributed by atoms with van der Waals surface area (Å²) in [5.74, 6) is -2.48. The van der Waals surface area contributed by atoms with Crippen molar-refractivity contribution in [3.05, 3.63) is 48.3 Å². The van der Waals surface area contributed by atoms with Crippen molar-refractivity contribution in [2.24, 2.45) is 0 Å². The number of hydrogen-bond donors (Lipinski definition) is 5. The summed E-state index contributed by atoms with van der Waals surface area (Å²) in [5.41, 5.74) is -1.89. The van der Waals surface area contributed by atoms with Crippen LogP contribution in [-0.4, -0.2) is 65.4 Å². The molecule has 1 saturated heterocycles. The van der Waals surface area contributed by atoms with E-state index in [0.29, 0.717) is 0 Å². The van der Waals surface area contributed by atoms with Crippen LogP contribution in [0.15, 0.2) is 42.7 Å². The van der Waals surface area contributed by atoms with Crippen molar-refractivity contribution in [1.82, 2.24) is 15.0 Å². The molecule has 2 aromatic rings. The second-order valence-corrected chi connectivity index (χ2v) is 5.38. The van der Waals surface area contributed by atoms with Crippen molar-refractivity contribution in [3.8, 4) is 0 Å². The van der Waals surface area contributed by atoms with Crippen LogP contribution in [0.2, 0.25) is 0 Å². The van der Waals surface area contributed by atoms with Crippen LogP contribution in [0.1, 0.15) is 5.56 Å². The third-order valence-corrected chi connectivity index (χ3v) is 4.09. The molecule has 9 nitrogen and oxygen atoms in total. The molecule has 2 heterocycles. The van der Waals surface area contributed by atoms with Crippen LogP contribution in [0.3, 0.4) is 0 Å². The Balaban J connectivity index is 2.06. The Hall–Kier alpha value is -1.88. The molecule has 124 valence electrons. The molecule has 9 heteroatoms. The van der Waals surface area contributed by atoms with Gasteiger partial charge in [0.15, 0.2) is 6.10 Å². The lowest BCUT2D eigenvalue weighted by molar-refractivity contribution is -0.418. The molecule has 1 aliphatic rings. The maximum Gasteiger partial charge on any atom is 0.300 e. The summed E-state index contributed by atoms with van der Waals surface area (Å²) in [6, 6.07) is 7.99. The van der Waals surface area contributed by atoms with Gasteiger partial charge in [-0.2, -0.15) is 4.68 Å². The minimum Gasteiger partial charge on any atom is -0.394 e. The fourth-order valence-corrected chi connectivity index (χ4v) is 2.81. The number of aromatic nitrogens is 3. The third kappa shape index (κ3) is 2.26. The summed E-state index contributed by atoms with van der Waals surface area (Å²) in [6.07, 6.45) is -2.76. The van der Waals surface area contributed by atoms with E-state index in [1.165, 1.54) is 24.5 Å². The molecule has 23 heavy (non-hydrogen) atoms. The zero-order chi connectivity index (χ0) is 16.7. The van der Waals surface area contributed by atoms with Gasteiger partial charge >= 0.3 is 0 Å². The predicted molar refractivity (Wildman–Crippen MR) is 74.5 cm³/mol. The molecule has 0 amide bonds. The number of rotatable bonds is 3. The van der Waals surface area contributed by atoms with Gasteiger partial charge in [0.25, 0.3) is 5.91 Å². The lowest BCUT2D eigenvalue weighted by Crippen LogP contribution is -2.70. The molecular formula is C14H17N3O6. The second-order valence-electron chi connectivity index (χ2n) is 5.38. The van der Waals surface area contributed by atoms with Gasteiger partial charge in [-0.25, -0.2) is 0 Å². The molecule has 0 saturated carbocycles. The van der Waals surface area contributed by atoms with Crippen LogP contribution in [0.4, 0.5) is 0 Å². The van der Waals surface area contributed by atoms with E-state index >= 15 is 0 Å². The molecule has 0 spiro atoms. The van der Waals surface area contributed by atoms with Crippen molar-refractivity contribution in [2.75, 3.05) is 6.61 Å². The Morgan fingerprint density at radius 1 is 1.13 bits per heavy atom. The maximum atomic E-state index is 10.9. The van der Waals surface area contributed by atoms with Crippen molar-refractivity contribution < 1.29 is 30.3 Å². The summed E-state index contributed by atoms with van der Waals surface area (Å²) >= 11 is 0. The first-order valence-electron chi connectivity index (χ1n) is 6.96. The summed E-state index contributed by atoms with van der Waals surface area (Å²) in [5, 5.41) is 58.9. The fraction of sp³-hybridized carbons (Fsp3) is 0.429. The lowest BCUT2D eigenvalue weighted by atomic mass is 9.77. The van der Waals surface area contributed by atoms with Gasteiger partial charge in [-0.3, -0.25) is 0 Å². The molecule has 1 aromatic carbocycles. The lowest BCUT2D eigenvalue weighted by Gasteiger charge is -2.51. The van der Waals surface area contributed by atoms with Crippen molar-refractivity contribution in [3.63, 3.8) is 0 Å². The summed E-state index contributed by atoms with van der Waals surface area (Å²) in [7, 11) is 0. The normalized spacial score (nSPS) is 37.7. The number of benzene rings is 1. The van der Waals surface area contributed by atoms with Gasteiger partial charge in [0, 0.05) is 0 Å². The van der Waals surface area contributed by atoms with E-state index in [9.17, 15) is 25.5 Å². The molecule has 5 N–H and O–H groups in total. The van der Waals surface area contributed by atoms with Gasteiger partial charge in [0.2, 0.25) is 0 Å². The van der Waals surface area contributed by atoms with Gasteiger partial charge in [0.1, 0.15) is 17.8 Å². The van der Waals surface area contributed by atoms with Gasteiger partial charge in [-0.1, -0.05) is 35.5 Å². The standard InChI is InChI=1S/C14H17N3O6/c18-8-10-13(21,9-4-2-1-3-5-9)11(19)12(20)14(22,23-10)17-7-6-15-16-17/h1-7,10-12,18-22H,8H2/t10-,11-,12-,13+,14+/m1/s1. The maximum absolute atomic E-state index is 10.9. The van der Waals surface area contributed by atoms with E-state index in [4.69, 9.17) is 4.74 Å². The van der Waals surface area contributed by atoms with Gasteiger partial charge in [0.05, 0.1) is 19.0 Å². The smallest absolute Gasteiger partial charge is 0.300 e. The first-order valence-corrected chi connectivity index (χ1v) is 6.96. The van der Waals surface area contributed by atoms with Gasteiger partial charge in [-0.15, -0.1) is 5.10 Å². The van der Waals surface area contributed by atoms with E-state index in [0.717, 1.165) is 4.68 Å². The van der Waals surface area contributed by atoms with Crippen LogP contribution in [-0.2, 0) is 16.2 Å². The van der Waals surface area contributed by atoms with Crippen molar-refractivity contribution in [2.45, 2.75) is 29.8 Å². The highest BCUT2D eigenvalue weighted by Crippen LogP contribution is 2.42. The predicted octanol–water partition coefficient (Wildman–Crippen LogP) is -2.12. The molecular weight excluding hydrogens is 306 g/mol. The molecule has 1 fully saturated rings. The van der Waals surface area contributed by atoms with Gasteiger partial charge in [-0.05, 0) is 5.56 Å². The highest BCUT2D eigenvalue weighted by atomic mass is 16.7. The molecule has 3 rings (SSSR count). The Morgan fingerprint density at radius 2 is 1.83 bits per heavy atom. The second kappa shape index (κ2) is 5.64. The minimum atomic E-state index is -2.48. The van der Waals surface area contributed by atoms with Crippen LogP contribution in [0, 0.1) is 0 Å². The van der Waals surface area contributed by atoms with Crippen molar-refractivity contribution >= 4 is 0 Å². The number of aliphatic hydroxyl groups is 5. The molecule has 0 aliphatic carbocycles. The van der Waals surface area contributed by atoms with Gasteiger partial charge < -0.3 is 30.3 Å². The zero-order valence-corrected chi connectivity index (χ0v) is 12.0. The molecule has 5 atom stereocenters. The first kappa shape index (κ1) is 16.0. The van der Waals surface area contributed by atoms with Crippen LogP contribution < -0.4 is 0 Å². The van der Waals surface area contributed by atoms with E-state index in [2.05, 4.69) is 10.3 Å². The average molecular weight is 323 g/mol. The molecule has 1 aromatic heterocycles. The Morgan fingerprint density at radius 3 is 2.39 bits per heavy atom. The third-order valence-electron chi connectivity index (χ3n) is 4.09. The zero-order valence-electron chi connectivity index (χ0n) is 12.0.